The third kappa shape index (κ3) is 3.62. The van der Waals surface area contributed by atoms with Gasteiger partial charge in [0.2, 0.25) is 5.91 Å². The van der Waals surface area contributed by atoms with E-state index in [1.165, 1.54) is 0 Å². The highest BCUT2D eigenvalue weighted by molar-refractivity contribution is 6.30. The Balaban J connectivity index is 1.39. The van der Waals surface area contributed by atoms with Gasteiger partial charge in [0.1, 0.15) is 5.69 Å². The lowest BCUT2D eigenvalue weighted by Crippen LogP contribution is -2.51. The molecule has 28 heavy (non-hydrogen) atoms. The predicted molar refractivity (Wildman–Crippen MR) is 111 cm³/mol. The van der Waals surface area contributed by atoms with Gasteiger partial charge in [-0.1, -0.05) is 41.9 Å². The number of para-hydroxylation sites is 1. The summed E-state index contributed by atoms with van der Waals surface area (Å²) in [6, 6.07) is 15.3. The molecule has 2 heterocycles. The zero-order valence-electron chi connectivity index (χ0n) is 15.7. The molecule has 1 N–H and O–H groups in total. The maximum absolute atomic E-state index is 13.0. The Bertz CT molecular complexity index is 1020. The number of halogens is 1. The minimum absolute atomic E-state index is 0.00139. The first kappa shape index (κ1) is 18.6. The van der Waals surface area contributed by atoms with E-state index in [1.807, 2.05) is 53.1 Å². The molecule has 1 aliphatic rings. The summed E-state index contributed by atoms with van der Waals surface area (Å²) in [6.45, 7) is 4.16. The van der Waals surface area contributed by atoms with Crippen molar-refractivity contribution in [3.8, 4) is 0 Å². The Kier molecular flexibility index (Phi) is 5.09. The quantitative estimate of drug-likeness (QED) is 0.735. The largest absolute Gasteiger partial charge is 0.350 e. The summed E-state index contributed by atoms with van der Waals surface area (Å²) in [4.78, 5) is 32.4. The average Bonchev–Trinajstić information content (AvgIpc) is 3.06. The minimum atomic E-state index is -0.00139. The van der Waals surface area contributed by atoms with Crippen LogP contribution < -0.4 is 0 Å². The van der Waals surface area contributed by atoms with E-state index in [-0.39, 0.29) is 11.8 Å². The SMILES string of the molecule is Cc1c(C(=O)N2CCN(C(=O)Cc3ccc(Cl)cc3)CC2)[nH]c2ccccc12. The van der Waals surface area contributed by atoms with E-state index >= 15 is 0 Å². The minimum Gasteiger partial charge on any atom is -0.350 e. The molecule has 2 aromatic carbocycles. The van der Waals surface area contributed by atoms with Gasteiger partial charge in [-0.3, -0.25) is 9.59 Å². The van der Waals surface area contributed by atoms with Gasteiger partial charge in [-0.15, -0.1) is 0 Å². The van der Waals surface area contributed by atoms with Crippen LogP contribution in [0.2, 0.25) is 5.02 Å². The molecule has 1 fully saturated rings. The molecule has 144 valence electrons. The number of aromatic nitrogens is 1. The van der Waals surface area contributed by atoms with E-state index < -0.39 is 0 Å². The van der Waals surface area contributed by atoms with Crippen molar-refractivity contribution in [3.05, 3.63) is 70.4 Å². The van der Waals surface area contributed by atoms with Crippen molar-refractivity contribution in [2.75, 3.05) is 26.2 Å². The van der Waals surface area contributed by atoms with E-state index in [0.29, 0.717) is 43.3 Å². The molecule has 0 bridgehead atoms. The number of nitrogens with zero attached hydrogens (tertiary/aromatic N) is 2. The van der Waals surface area contributed by atoms with Crippen LogP contribution in [0, 0.1) is 6.92 Å². The number of rotatable bonds is 3. The lowest BCUT2D eigenvalue weighted by Gasteiger charge is -2.34. The zero-order valence-corrected chi connectivity index (χ0v) is 16.5. The van der Waals surface area contributed by atoms with Crippen LogP contribution >= 0.6 is 11.6 Å². The summed E-state index contributed by atoms with van der Waals surface area (Å²) in [5, 5.41) is 1.73. The Morgan fingerprint density at radius 1 is 0.964 bits per heavy atom. The number of carbonyl (C=O) groups is 2. The van der Waals surface area contributed by atoms with Gasteiger partial charge in [0.05, 0.1) is 6.42 Å². The molecule has 0 aliphatic carbocycles. The highest BCUT2D eigenvalue weighted by Crippen LogP contribution is 2.23. The molecule has 2 amide bonds. The molecular formula is C22H22ClN3O2. The van der Waals surface area contributed by atoms with Crippen LogP contribution in [0.15, 0.2) is 48.5 Å². The van der Waals surface area contributed by atoms with Gasteiger partial charge >= 0.3 is 0 Å². The number of benzene rings is 2. The zero-order chi connectivity index (χ0) is 19.7. The number of carbonyl (C=O) groups excluding carboxylic acids is 2. The van der Waals surface area contributed by atoms with Crippen molar-refractivity contribution in [1.82, 2.24) is 14.8 Å². The van der Waals surface area contributed by atoms with Crippen molar-refractivity contribution in [2.45, 2.75) is 13.3 Å². The van der Waals surface area contributed by atoms with E-state index in [4.69, 9.17) is 11.6 Å². The fourth-order valence-corrected chi connectivity index (χ4v) is 3.83. The van der Waals surface area contributed by atoms with Crippen LogP contribution in [-0.2, 0) is 11.2 Å². The van der Waals surface area contributed by atoms with Gasteiger partial charge in [0, 0.05) is 42.1 Å². The number of hydrogen-bond donors (Lipinski definition) is 1. The van der Waals surface area contributed by atoms with Crippen LogP contribution in [0.1, 0.15) is 21.6 Å². The van der Waals surface area contributed by atoms with Crippen molar-refractivity contribution < 1.29 is 9.59 Å². The maximum Gasteiger partial charge on any atom is 0.270 e. The smallest absolute Gasteiger partial charge is 0.270 e. The van der Waals surface area contributed by atoms with Gasteiger partial charge in [-0.05, 0) is 36.2 Å². The fraction of sp³-hybridized carbons (Fsp3) is 0.273. The molecule has 1 aliphatic heterocycles. The highest BCUT2D eigenvalue weighted by Gasteiger charge is 2.26. The topological polar surface area (TPSA) is 56.4 Å². The normalized spacial score (nSPS) is 14.5. The maximum atomic E-state index is 13.0. The Hall–Kier alpha value is -2.79. The third-order valence-electron chi connectivity index (χ3n) is 5.37. The molecule has 0 radical (unpaired) electrons. The Morgan fingerprint density at radius 3 is 2.29 bits per heavy atom. The molecule has 4 rings (SSSR count). The molecule has 0 unspecified atom stereocenters. The van der Waals surface area contributed by atoms with Crippen LogP contribution in [-0.4, -0.2) is 52.8 Å². The number of aryl methyl sites for hydroxylation is 1. The monoisotopic (exact) mass is 395 g/mol. The Labute approximate surface area is 168 Å². The molecule has 1 saturated heterocycles. The molecule has 6 heteroatoms. The average molecular weight is 396 g/mol. The summed E-state index contributed by atoms with van der Waals surface area (Å²) in [7, 11) is 0. The van der Waals surface area contributed by atoms with Crippen LogP contribution in [0.5, 0.6) is 0 Å². The second kappa shape index (κ2) is 7.68. The molecule has 0 spiro atoms. The van der Waals surface area contributed by atoms with E-state index in [1.54, 1.807) is 12.1 Å². The fourth-order valence-electron chi connectivity index (χ4n) is 3.70. The van der Waals surface area contributed by atoms with Gasteiger partial charge < -0.3 is 14.8 Å². The van der Waals surface area contributed by atoms with E-state index in [9.17, 15) is 9.59 Å². The van der Waals surface area contributed by atoms with Gasteiger partial charge in [0.25, 0.3) is 5.91 Å². The number of H-pyrrole nitrogens is 1. The molecule has 1 aromatic heterocycles. The number of hydrogen-bond acceptors (Lipinski definition) is 2. The summed E-state index contributed by atoms with van der Waals surface area (Å²) in [5.41, 5.74) is 3.53. The van der Waals surface area contributed by atoms with Crippen molar-refractivity contribution in [2.24, 2.45) is 0 Å². The summed E-state index contributed by atoms with van der Waals surface area (Å²) >= 11 is 5.89. The van der Waals surface area contributed by atoms with Crippen LogP contribution in [0.4, 0.5) is 0 Å². The summed E-state index contributed by atoms with van der Waals surface area (Å²) < 4.78 is 0. The highest BCUT2D eigenvalue weighted by atomic mass is 35.5. The lowest BCUT2D eigenvalue weighted by atomic mass is 10.1. The first-order chi connectivity index (χ1) is 13.5. The predicted octanol–water partition coefficient (Wildman–Crippen LogP) is 3.66. The van der Waals surface area contributed by atoms with E-state index in [0.717, 1.165) is 22.0 Å². The number of fused-ring (bicyclic) bond motifs is 1. The summed E-state index contributed by atoms with van der Waals surface area (Å²) in [6.07, 6.45) is 0.353. The van der Waals surface area contributed by atoms with Gasteiger partial charge in [0.15, 0.2) is 0 Å². The number of aromatic amines is 1. The third-order valence-corrected chi connectivity index (χ3v) is 5.62. The van der Waals surface area contributed by atoms with Gasteiger partial charge in [-0.2, -0.15) is 0 Å². The van der Waals surface area contributed by atoms with Gasteiger partial charge in [-0.25, -0.2) is 0 Å². The Morgan fingerprint density at radius 2 is 1.61 bits per heavy atom. The standard InChI is InChI=1S/C22H22ClN3O2/c1-15-18-4-2-3-5-19(18)24-21(15)22(28)26-12-10-25(11-13-26)20(27)14-16-6-8-17(23)9-7-16/h2-9,24H,10-14H2,1H3. The number of nitrogens with one attached hydrogen (secondary N) is 1. The van der Waals surface area contributed by atoms with Crippen LogP contribution in [0.3, 0.4) is 0 Å². The molecule has 5 nitrogen and oxygen atoms in total. The van der Waals surface area contributed by atoms with Crippen molar-refractivity contribution in [3.63, 3.8) is 0 Å². The van der Waals surface area contributed by atoms with Crippen LogP contribution in [0.25, 0.3) is 10.9 Å². The second-order valence-electron chi connectivity index (χ2n) is 7.15. The number of piperazine rings is 1. The second-order valence-corrected chi connectivity index (χ2v) is 7.58. The first-order valence-corrected chi connectivity index (χ1v) is 9.79. The van der Waals surface area contributed by atoms with Crippen molar-refractivity contribution in [1.29, 1.82) is 0 Å². The molecule has 0 atom stereocenters. The number of amides is 2. The lowest BCUT2D eigenvalue weighted by molar-refractivity contribution is -0.131. The van der Waals surface area contributed by atoms with E-state index in [2.05, 4.69) is 4.98 Å². The molecular weight excluding hydrogens is 374 g/mol. The van der Waals surface area contributed by atoms with Crippen molar-refractivity contribution >= 4 is 34.3 Å². The summed E-state index contributed by atoms with van der Waals surface area (Å²) in [5.74, 6) is 0.0784. The molecule has 3 aromatic rings. The molecule has 0 saturated carbocycles. The first-order valence-electron chi connectivity index (χ1n) is 9.42.